The second-order valence-corrected chi connectivity index (χ2v) is 4.14. The predicted octanol–water partition coefficient (Wildman–Crippen LogP) is 2.03. The summed E-state index contributed by atoms with van der Waals surface area (Å²) in [6, 6.07) is 8.94. The molecular formula is C14H14O4. The molecule has 4 heteroatoms. The van der Waals surface area contributed by atoms with Gasteiger partial charge in [-0.1, -0.05) is 36.9 Å². The highest BCUT2D eigenvalue weighted by Crippen LogP contribution is 2.34. The van der Waals surface area contributed by atoms with Crippen LogP contribution in [0.25, 0.3) is 0 Å². The van der Waals surface area contributed by atoms with Crippen molar-refractivity contribution in [1.82, 2.24) is 0 Å². The molecule has 0 amide bonds. The van der Waals surface area contributed by atoms with Gasteiger partial charge in [0.25, 0.3) is 0 Å². The van der Waals surface area contributed by atoms with Crippen LogP contribution in [0, 0.1) is 0 Å². The summed E-state index contributed by atoms with van der Waals surface area (Å²) in [4.78, 5) is 12.0. The standard InChI is InChI=1S/C14H14O4/c1-8(15)11-9(2)18-14(13(17)12(11)16)10-6-4-3-5-7-10/h3-7,13-15,17H,2H2,1H3/b11-8-. The Bertz CT molecular complexity index is 512. The maximum Gasteiger partial charge on any atom is 0.202 e. The van der Waals surface area contributed by atoms with E-state index >= 15 is 0 Å². The third-order valence-electron chi connectivity index (χ3n) is 2.84. The first kappa shape index (κ1) is 12.4. The normalized spacial score (nSPS) is 26.8. The molecule has 1 heterocycles. The number of hydrogen-bond acceptors (Lipinski definition) is 4. The van der Waals surface area contributed by atoms with Crippen molar-refractivity contribution in [3.63, 3.8) is 0 Å². The van der Waals surface area contributed by atoms with E-state index in [1.165, 1.54) is 6.92 Å². The molecule has 2 unspecified atom stereocenters. The van der Waals surface area contributed by atoms with E-state index in [0.29, 0.717) is 5.56 Å². The molecule has 2 atom stereocenters. The molecule has 0 aliphatic carbocycles. The van der Waals surface area contributed by atoms with Crippen LogP contribution >= 0.6 is 0 Å². The lowest BCUT2D eigenvalue weighted by atomic mass is 9.92. The third kappa shape index (κ3) is 2.02. The lowest BCUT2D eigenvalue weighted by Gasteiger charge is -2.31. The predicted molar refractivity (Wildman–Crippen MR) is 65.8 cm³/mol. The molecule has 1 aliphatic heterocycles. The number of hydrogen-bond donors (Lipinski definition) is 2. The smallest absolute Gasteiger partial charge is 0.202 e. The molecule has 0 spiro atoms. The van der Waals surface area contributed by atoms with E-state index in [2.05, 4.69) is 6.58 Å². The molecular weight excluding hydrogens is 232 g/mol. The Balaban J connectivity index is 2.37. The number of carbonyl (C=O) groups excluding carboxylic acids is 1. The zero-order chi connectivity index (χ0) is 13.3. The fraction of sp³-hybridized carbons (Fsp3) is 0.214. The third-order valence-corrected chi connectivity index (χ3v) is 2.84. The van der Waals surface area contributed by atoms with E-state index in [1.807, 2.05) is 6.07 Å². The van der Waals surface area contributed by atoms with Crippen molar-refractivity contribution < 1.29 is 19.7 Å². The Morgan fingerprint density at radius 3 is 2.50 bits per heavy atom. The van der Waals surface area contributed by atoms with Gasteiger partial charge in [0.15, 0.2) is 12.2 Å². The molecule has 94 valence electrons. The summed E-state index contributed by atoms with van der Waals surface area (Å²) in [7, 11) is 0. The van der Waals surface area contributed by atoms with Crippen molar-refractivity contribution in [3.05, 3.63) is 59.6 Å². The molecule has 0 aromatic heterocycles. The van der Waals surface area contributed by atoms with Crippen LogP contribution < -0.4 is 0 Å². The molecule has 1 saturated heterocycles. The van der Waals surface area contributed by atoms with Crippen LogP contribution in [0.5, 0.6) is 0 Å². The highest BCUT2D eigenvalue weighted by molar-refractivity contribution is 6.03. The van der Waals surface area contributed by atoms with Crippen molar-refractivity contribution in [3.8, 4) is 0 Å². The van der Waals surface area contributed by atoms with Gasteiger partial charge in [0.2, 0.25) is 5.78 Å². The first-order valence-electron chi connectivity index (χ1n) is 5.55. The first-order chi connectivity index (χ1) is 8.52. The minimum Gasteiger partial charge on any atom is -0.512 e. The number of rotatable bonds is 1. The van der Waals surface area contributed by atoms with Gasteiger partial charge in [-0.15, -0.1) is 0 Å². The van der Waals surface area contributed by atoms with Crippen LogP contribution in [0.4, 0.5) is 0 Å². The average Bonchev–Trinajstić information content (AvgIpc) is 2.34. The van der Waals surface area contributed by atoms with Crippen LogP contribution in [-0.2, 0) is 9.53 Å². The van der Waals surface area contributed by atoms with Crippen LogP contribution in [0.15, 0.2) is 54.0 Å². The number of ether oxygens (including phenoxy) is 1. The second-order valence-electron chi connectivity index (χ2n) is 4.14. The number of aliphatic hydroxyl groups is 2. The summed E-state index contributed by atoms with van der Waals surface area (Å²) in [5, 5.41) is 19.4. The van der Waals surface area contributed by atoms with Crippen molar-refractivity contribution in [2.24, 2.45) is 0 Å². The fourth-order valence-electron chi connectivity index (χ4n) is 1.97. The zero-order valence-electron chi connectivity index (χ0n) is 9.96. The van der Waals surface area contributed by atoms with Gasteiger partial charge in [-0.25, -0.2) is 0 Å². The van der Waals surface area contributed by atoms with E-state index in [4.69, 9.17) is 4.74 Å². The molecule has 2 rings (SSSR count). The minimum absolute atomic E-state index is 0.0466. The van der Waals surface area contributed by atoms with E-state index in [-0.39, 0.29) is 17.1 Å². The van der Waals surface area contributed by atoms with Crippen LogP contribution in [0.2, 0.25) is 0 Å². The lowest BCUT2D eigenvalue weighted by Crippen LogP contribution is -2.36. The Kier molecular flexibility index (Phi) is 3.21. The highest BCUT2D eigenvalue weighted by Gasteiger charge is 2.39. The molecule has 1 aromatic rings. The maximum atomic E-state index is 12.0. The summed E-state index contributed by atoms with van der Waals surface area (Å²) in [5.74, 6) is -0.685. The van der Waals surface area contributed by atoms with Gasteiger partial charge in [-0.3, -0.25) is 4.79 Å². The molecule has 1 aromatic carbocycles. The zero-order valence-corrected chi connectivity index (χ0v) is 9.96. The summed E-state index contributed by atoms with van der Waals surface area (Å²) in [6.07, 6.45) is -2.12. The molecule has 4 nitrogen and oxygen atoms in total. The molecule has 0 saturated carbocycles. The van der Waals surface area contributed by atoms with Gasteiger partial charge in [-0.05, 0) is 12.5 Å². The van der Waals surface area contributed by atoms with Crippen LogP contribution in [-0.4, -0.2) is 22.1 Å². The number of aliphatic hydroxyl groups excluding tert-OH is 2. The topological polar surface area (TPSA) is 66.8 Å². The molecule has 1 aliphatic rings. The van der Waals surface area contributed by atoms with Gasteiger partial charge in [0.05, 0.1) is 5.57 Å². The second kappa shape index (κ2) is 4.66. The quantitative estimate of drug-likeness (QED) is 0.587. The maximum absolute atomic E-state index is 12.0. The van der Waals surface area contributed by atoms with Gasteiger partial charge < -0.3 is 14.9 Å². The molecule has 2 N–H and O–H groups in total. The lowest BCUT2D eigenvalue weighted by molar-refractivity contribution is -0.134. The Morgan fingerprint density at radius 2 is 1.94 bits per heavy atom. The summed E-state index contributed by atoms with van der Waals surface area (Å²) in [6.45, 7) is 4.96. The average molecular weight is 246 g/mol. The number of allylic oxidation sites excluding steroid dienone is 2. The minimum atomic E-state index is -1.34. The van der Waals surface area contributed by atoms with Crippen molar-refractivity contribution >= 4 is 5.78 Å². The number of carbonyl (C=O) groups is 1. The Morgan fingerprint density at radius 1 is 1.33 bits per heavy atom. The summed E-state index contributed by atoms with van der Waals surface area (Å²) >= 11 is 0. The molecule has 0 bridgehead atoms. The van der Waals surface area contributed by atoms with Crippen LogP contribution in [0.1, 0.15) is 18.6 Å². The first-order valence-corrected chi connectivity index (χ1v) is 5.55. The van der Waals surface area contributed by atoms with Gasteiger partial charge in [0.1, 0.15) is 11.5 Å². The largest absolute Gasteiger partial charge is 0.512 e. The summed E-state index contributed by atoms with van der Waals surface area (Å²) in [5.41, 5.74) is 0.642. The molecule has 0 radical (unpaired) electrons. The van der Waals surface area contributed by atoms with Gasteiger partial charge in [-0.2, -0.15) is 0 Å². The number of Topliss-reactive ketones (excluding diaryl/α,β-unsaturated/α-hetero) is 1. The summed E-state index contributed by atoms with van der Waals surface area (Å²) < 4.78 is 5.45. The Hall–Kier alpha value is -2.07. The van der Waals surface area contributed by atoms with Crippen molar-refractivity contribution in [2.45, 2.75) is 19.1 Å². The fourth-order valence-corrected chi connectivity index (χ4v) is 1.97. The number of benzene rings is 1. The van der Waals surface area contributed by atoms with E-state index < -0.39 is 18.0 Å². The highest BCUT2D eigenvalue weighted by atomic mass is 16.5. The molecule has 1 fully saturated rings. The van der Waals surface area contributed by atoms with Gasteiger partial charge >= 0.3 is 0 Å². The van der Waals surface area contributed by atoms with E-state index in [0.717, 1.165) is 0 Å². The van der Waals surface area contributed by atoms with E-state index in [1.54, 1.807) is 24.3 Å². The Labute approximate surface area is 105 Å². The van der Waals surface area contributed by atoms with Gasteiger partial charge in [0, 0.05) is 0 Å². The van der Waals surface area contributed by atoms with Crippen molar-refractivity contribution in [1.29, 1.82) is 0 Å². The SMILES string of the molecule is C=C1OC(c2ccccc2)C(O)C(=O)/C1=C(/C)O. The monoisotopic (exact) mass is 246 g/mol. The van der Waals surface area contributed by atoms with E-state index in [9.17, 15) is 15.0 Å². The van der Waals surface area contributed by atoms with Crippen molar-refractivity contribution in [2.75, 3.05) is 0 Å². The van der Waals surface area contributed by atoms with Crippen LogP contribution in [0.3, 0.4) is 0 Å². The number of ketones is 1. The molecule has 18 heavy (non-hydrogen) atoms.